The Morgan fingerprint density at radius 1 is 1.21 bits per heavy atom. The number of ether oxygens (including phenoxy) is 2. The monoisotopic (exact) mass is 334 g/mol. The normalized spacial score (nSPS) is 21.3. The van der Waals surface area contributed by atoms with Gasteiger partial charge in [0.2, 0.25) is 0 Å². The lowest BCUT2D eigenvalue weighted by Crippen LogP contribution is -2.34. The van der Waals surface area contributed by atoms with E-state index < -0.39 is 11.7 Å². The third kappa shape index (κ3) is 6.49. The third-order valence-electron chi connectivity index (χ3n) is 4.17. The molecule has 1 aromatic rings. The van der Waals surface area contributed by atoms with Gasteiger partial charge >= 0.3 is 6.09 Å². The van der Waals surface area contributed by atoms with Crippen LogP contribution < -0.4 is 10.6 Å². The van der Waals surface area contributed by atoms with Crippen LogP contribution in [0, 0.1) is 0 Å². The summed E-state index contributed by atoms with van der Waals surface area (Å²) in [5, 5.41) is 6.39. The second-order valence-electron chi connectivity index (χ2n) is 7.42. The fourth-order valence-electron chi connectivity index (χ4n) is 2.95. The van der Waals surface area contributed by atoms with Gasteiger partial charge in [-0.25, -0.2) is 4.79 Å². The molecule has 0 saturated heterocycles. The Morgan fingerprint density at radius 2 is 1.92 bits per heavy atom. The molecule has 0 unspecified atom stereocenters. The molecule has 1 fully saturated rings. The molecule has 0 heterocycles. The zero-order valence-electron chi connectivity index (χ0n) is 15.2. The van der Waals surface area contributed by atoms with E-state index in [9.17, 15) is 4.79 Å². The van der Waals surface area contributed by atoms with Crippen LogP contribution in [0.15, 0.2) is 24.3 Å². The second-order valence-corrected chi connectivity index (χ2v) is 7.42. The van der Waals surface area contributed by atoms with E-state index in [1.54, 1.807) is 7.11 Å². The van der Waals surface area contributed by atoms with Crippen molar-refractivity contribution in [3.63, 3.8) is 0 Å². The van der Waals surface area contributed by atoms with E-state index in [0.29, 0.717) is 12.1 Å². The predicted octanol–water partition coefficient (Wildman–Crippen LogP) is 4.08. The van der Waals surface area contributed by atoms with Crippen molar-refractivity contribution in [2.45, 2.75) is 70.7 Å². The van der Waals surface area contributed by atoms with Gasteiger partial charge < -0.3 is 14.8 Å². The molecular weight excluding hydrogens is 304 g/mol. The van der Waals surface area contributed by atoms with Gasteiger partial charge in [0.25, 0.3) is 0 Å². The van der Waals surface area contributed by atoms with Crippen LogP contribution in [0.1, 0.15) is 52.0 Å². The molecule has 134 valence electrons. The second kappa shape index (κ2) is 8.49. The zero-order chi connectivity index (χ0) is 17.6. The smallest absolute Gasteiger partial charge is 0.412 e. The lowest BCUT2D eigenvalue weighted by atomic mass is 9.93. The lowest BCUT2D eigenvalue weighted by Gasteiger charge is -2.28. The maximum Gasteiger partial charge on any atom is 0.412 e. The molecule has 24 heavy (non-hydrogen) atoms. The molecule has 0 bridgehead atoms. The molecule has 5 heteroatoms. The fraction of sp³-hybridized carbons (Fsp3) is 0.632. The largest absolute Gasteiger partial charge is 0.444 e. The van der Waals surface area contributed by atoms with Gasteiger partial charge in [0, 0.05) is 25.4 Å². The highest BCUT2D eigenvalue weighted by Gasteiger charge is 2.20. The SMILES string of the molecule is CO[C@H]1CC[C@H](NCc2cccc(NC(=O)OC(C)(C)C)c2)CC1. The summed E-state index contributed by atoms with van der Waals surface area (Å²) in [5.41, 5.74) is 1.41. The summed E-state index contributed by atoms with van der Waals surface area (Å²) in [5.74, 6) is 0. The first-order chi connectivity index (χ1) is 11.4. The molecule has 1 aliphatic rings. The maximum absolute atomic E-state index is 11.8. The van der Waals surface area contributed by atoms with Crippen LogP contribution in [-0.4, -0.2) is 30.9 Å². The first kappa shape index (κ1) is 18.7. The van der Waals surface area contributed by atoms with Gasteiger partial charge in [-0.05, 0) is 64.2 Å². The summed E-state index contributed by atoms with van der Waals surface area (Å²) < 4.78 is 10.7. The Bertz CT molecular complexity index is 532. The van der Waals surface area contributed by atoms with Crippen molar-refractivity contribution in [3.8, 4) is 0 Å². The van der Waals surface area contributed by atoms with E-state index in [1.165, 1.54) is 0 Å². The average molecular weight is 334 g/mol. The van der Waals surface area contributed by atoms with Gasteiger partial charge in [-0.15, -0.1) is 0 Å². The van der Waals surface area contributed by atoms with E-state index in [0.717, 1.165) is 43.5 Å². The summed E-state index contributed by atoms with van der Waals surface area (Å²) in [4.78, 5) is 11.8. The number of methoxy groups -OCH3 is 1. The number of carbonyl (C=O) groups excluding carboxylic acids is 1. The summed E-state index contributed by atoms with van der Waals surface area (Å²) in [6.07, 6.45) is 4.53. The van der Waals surface area contributed by atoms with E-state index in [-0.39, 0.29) is 0 Å². The molecule has 1 aliphatic carbocycles. The van der Waals surface area contributed by atoms with Crippen molar-refractivity contribution < 1.29 is 14.3 Å². The van der Waals surface area contributed by atoms with Gasteiger partial charge in [-0.3, -0.25) is 5.32 Å². The molecule has 0 spiro atoms. The van der Waals surface area contributed by atoms with Crippen LogP contribution >= 0.6 is 0 Å². The zero-order valence-corrected chi connectivity index (χ0v) is 15.2. The van der Waals surface area contributed by atoms with Gasteiger partial charge in [-0.1, -0.05) is 12.1 Å². The maximum atomic E-state index is 11.8. The first-order valence-corrected chi connectivity index (χ1v) is 8.71. The number of carbonyl (C=O) groups is 1. The molecular formula is C19H30N2O3. The Morgan fingerprint density at radius 3 is 2.54 bits per heavy atom. The van der Waals surface area contributed by atoms with Crippen molar-refractivity contribution in [2.75, 3.05) is 12.4 Å². The standard InChI is InChI=1S/C19H30N2O3/c1-19(2,3)24-18(22)21-16-7-5-6-14(12-16)13-20-15-8-10-17(23-4)11-9-15/h5-7,12,15,17,20H,8-11,13H2,1-4H3,(H,21,22)/t15-,17-. The highest BCUT2D eigenvalue weighted by molar-refractivity contribution is 5.84. The third-order valence-corrected chi connectivity index (χ3v) is 4.17. The highest BCUT2D eigenvalue weighted by atomic mass is 16.6. The Kier molecular flexibility index (Phi) is 6.63. The topological polar surface area (TPSA) is 59.6 Å². The van der Waals surface area contributed by atoms with E-state index in [1.807, 2.05) is 39.0 Å². The molecule has 0 aromatic heterocycles. The number of amides is 1. The molecule has 1 amide bonds. The van der Waals surface area contributed by atoms with Crippen molar-refractivity contribution in [1.82, 2.24) is 5.32 Å². The lowest BCUT2D eigenvalue weighted by molar-refractivity contribution is 0.0623. The quantitative estimate of drug-likeness (QED) is 0.852. The number of anilines is 1. The van der Waals surface area contributed by atoms with Gasteiger partial charge in [0.1, 0.15) is 5.60 Å². The number of rotatable bonds is 5. The molecule has 0 aliphatic heterocycles. The molecule has 1 saturated carbocycles. The molecule has 0 atom stereocenters. The average Bonchev–Trinajstić information content (AvgIpc) is 2.52. The Labute approximate surface area is 145 Å². The van der Waals surface area contributed by atoms with Crippen LogP contribution in [0.5, 0.6) is 0 Å². The minimum Gasteiger partial charge on any atom is -0.444 e. The molecule has 1 aromatic carbocycles. The molecule has 2 N–H and O–H groups in total. The van der Waals surface area contributed by atoms with Crippen LogP contribution in [0.3, 0.4) is 0 Å². The van der Waals surface area contributed by atoms with E-state index in [4.69, 9.17) is 9.47 Å². The fourth-order valence-corrected chi connectivity index (χ4v) is 2.95. The number of benzene rings is 1. The van der Waals surface area contributed by atoms with Crippen molar-refractivity contribution >= 4 is 11.8 Å². The summed E-state index contributed by atoms with van der Waals surface area (Å²) in [6, 6.07) is 8.41. The van der Waals surface area contributed by atoms with E-state index in [2.05, 4.69) is 16.7 Å². The van der Waals surface area contributed by atoms with Crippen molar-refractivity contribution in [2.24, 2.45) is 0 Å². The van der Waals surface area contributed by atoms with Crippen LogP contribution in [0.25, 0.3) is 0 Å². The number of nitrogens with one attached hydrogen (secondary N) is 2. The van der Waals surface area contributed by atoms with E-state index >= 15 is 0 Å². The Balaban J connectivity index is 1.81. The molecule has 0 radical (unpaired) electrons. The van der Waals surface area contributed by atoms with Crippen molar-refractivity contribution in [1.29, 1.82) is 0 Å². The number of hydrogen-bond acceptors (Lipinski definition) is 4. The molecule has 5 nitrogen and oxygen atoms in total. The van der Waals surface area contributed by atoms with Crippen molar-refractivity contribution in [3.05, 3.63) is 29.8 Å². The predicted molar refractivity (Wildman–Crippen MR) is 96.2 cm³/mol. The first-order valence-electron chi connectivity index (χ1n) is 8.71. The minimum atomic E-state index is -0.496. The van der Waals surface area contributed by atoms with Crippen LogP contribution in [0.2, 0.25) is 0 Å². The summed E-state index contributed by atoms with van der Waals surface area (Å²) in [7, 11) is 1.79. The summed E-state index contributed by atoms with van der Waals surface area (Å²) >= 11 is 0. The highest BCUT2D eigenvalue weighted by Crippen LogP contribution is 2.21. The van der Waals surface area contributed by atoms with Gasteiger partial charge in [0.15, 0.2) is 0 Å². The van der Waals surface area contributed by atoms with Gasteiger partial charge in [0.05, 0.1) is 6.10 Å². The number of hydrogen-bond donors (Lipinski definition) is 2. The van der Waals surface area contributed by atoms with Crippen LogP contribution in [0.4, 0.5) is 10.5 Å². The van der Waals surface area contributed by atoms with Gasteiger partial charge in [-0.2, -0.15) is 0 Å². The van der Waals surface area contributed by atoms with Crippen LogP contribution in [-0.2, 0) is 16.0 Å². The Hall–Kier alpha value is -1.59. The minimum absolute atomic E-state index is 0.421. The molecule has 2 rings (SSSR count). The summed E-state index contributed by atoms with van der Waals surface area (Å²) in [6.45, 7) is 6.36.